The molecule has 0 bridgehead atoms. The average molecular weight is 267 g/mol. The summed E-state index contributed by atoms with van der Waals surface area (Å²) in [7, 11) is 0. The van der Waals surface area contributed by atoms with Gasteiger partial charge in [0.15, 0.2) is 0 Å². The summed E-state index contributed by atoms with van der Waals surface area (Å²) in [5, 5.41) is 10.00. The van der Waals surface area contributed by atoms with Gasteiger partial charge in [-0.3, -0.25) is 0 Å². The molecule has 0 radical (unpaired) electrons. The van der Waals surface area contributed by atoms with Crippen molar-refractivity contribution in [3.63, 3.8) is 0 Å². The highest BCUT2D eigenvalue weighted by atomic mass is 32.2. The van der Waals surface area contributed by atoms with Gasteiger partial charge in [-0.25, -0.2) is 13.8 Å². The summed E-state index contributed by atoms with van der Waals surface area (Å²) in [6, 6.07) is 6.77. The molecule has 0 saturated carbocycles. The third kappa shape index (κ3) is 3.05. The minimum absolute atomic E-state index is 0.298. The first-order valence-electron chi connectivity index (χ1n) is 5.33. The molecule has 0 aliphatic carbocycles. The van der Waals surface area contributed by atoms with Crippen LogP contribution in [0.4, 0.5) is 8.78 Å². The Morgan fingerprint density at radius 1 is 1.22 bits per heavy atom. The van der Waals surface area contributed by atoms with E-state index in [1.165, 1.54) is 12.1 Å². The highest BCUT2D eigenvalue weighted by Crippen LogP contribution is 2.29. The molecule has 0 fully saturated rings. The molecule has 0 saturated heterocycles. The summed E-state index contributed by atoms with van der Waals surface area (Å²) < 4.78 is 26.2. The van der Waals surface area contributed by atoms with E-state index in [1.54, 1.807) is 25.3 Å². The first-order chi connectivity index (χ1) is 8.56. The van der Waals surface area contributed by atoms with Crippen LogP contribution in [0, 0.1) is 11.6 Å². The lowest BCUT2D eigenvalue weighted by Gasteiger charge is -2.07. The number of hydrogen-bond donors (Lipinski definition) is 1. The van der Waals surface area contributed by atoms with E-state index in [-0.39, 0.29) is 0 Å². The maximum Gasteiger partial charge on any atom is 0.140 e. The van der Waals surface area contributed by atoms with E-state index in [0.29, 0.717) is 15.5 Å². The number of benzene rings is 1. The van der Waals surface area contributed by atoms with Crippen molar-refractivity contribution in [2.75, 3.05) is 0 Å². The molecule has 0 aliphatic heterocycles. The van der Waals surface area contributed by atoms with Crippen LogP contribution in [0.5, 0.6) is 0 Å². The Bertz CT molecular complexity index is 560. The van der Waals surface area contributed by atoms with Gasteiger partial charge in [-0.1, -0.05) is 11.8 Å². The first kappa shape index (κ1) is 13.0. The molecule has 94 valence electrons. The van der Waals surface area contributed by atoms with Crippen LogP contribution in [0.15, 0.2) is 46.5 Å². The highest BCUT2D eigenvalue weighted by Gasteiger charge is 2.08. The van der Waals surface area contributed by atoms with E-state index in [1.807, 2.05) is 0 Å². The molecule has 2 aromatic rings. The second kappa shape index (κ2) is 5.46. The minimum atomic E-state index is -0.621. The number of nitrogens with zero attached hydrogens (tertiary/aromatic N) is 1. The van der Waals surface area contributed by atoms with E-state index in [2.05, 4.69) is 4.98 Å². The van der Waals surface area contributed by atoms with Crippen LogP contribution in [-0.2, 0) is 0 Å². The molecule has 5 heteroatoms. The Morgan fingerprint density at radius 2 is 2.00 bits per heavy atom. The zero-order valence-electron chi connectivity index (χ0n) is 9.60. The second-order valence-corrected chi connectivity index (χ2v) is 4.84. The van der Waals surface area contributed by atoms with Crippen molar-refractivity contribution in [2.45, 2.75) is 22.9 Å². The summed E-state index contributed by atoms with van der Waals surface area (Å²) in [6.45, 7) is 1.64. The van der Waals surface area contributed by atoms with Gasteiger partial charge in [-0.05, 0) is 36.8 Å². The lowest BCUT2D eigenvalue weighted by Crippen LogP contribution is -1.92. The molecule has 2 nitrogen and oxygen atoms in total. The smallest absolute Gasteiger partial charge is 0.140 e. The van der Waals surface area contributed by atoms with Crippen LogP contribution in [0.25, 0.3) is 0 Å². The molecule has 1 unspecified atom stereocenters. The van der Waals surface area contributed by atoms with Gasteiger partial charge >= 0.3 is 0 Å². The summed E-state index contributed by atoms with van der Waals surface area (Å²) in [5.74, 6) is -1.23. The van der Waals surface area contributed by atoms with Gasteiger partial charge < -0.3 is 5.11 Å². The van der Waals surface area contributed by atoms with Crippen LogP contribution in [0.1, 0.15) is 18.6 Å². The van der Waals surface area contributed by atoms with E-state index in [4.69, 9.17) is 0 Å². The van der Waals surface area contributed by atoms with Crippen LogP contribution in [-0.4, -0.2) is 10.1 Å². The Kier molecular flexibility index (Phi) is 3.93. The van der Waals surface area contributed by atoms with Gasteiger partial charge in [-0.2, -0.15) is 0 Å². The van der Waals surface area contributed by atoms with Crippen molar-refractivity contribution in [3.8, 4) is 0 Å². The molecule has 0 spiro atoms. The Balaban J connectivity index is 2.25. The predicted octanol–water partition coefficient (Wildman–Crippen LogP) is 3.56. The summed E-state index contributed by atoms with van der Waals surface area (Å²) >= 11 is 1.09. The highest BCUT2D eigenvalue weighted by molar-refractivity contribution is 7.99. The first-order valence-corrected chi connectivity index (χ1v) is 6.15. The van der Waals surface area contributed by atoms with Crippen molar-refractivity contribution >= 4 is 11.8 Å². The van der Waals surface area contributed by atoms with Crippen LogP contribution < -0.4 is 0 Å². The quantitative estimate of drug-likeness (QED) is 0.923. The zero-order chi connectivity index (χ0) is 13.1. The van der Waals surface area contributed by atoms with Crippen molar-refractivity contribution in [2.24, 2.45) is 0 Å². The van der Waals surface area contributed by atoms with E-state index in [0.717, 1.165) is 17.8 Å². The topological polar surface area (TPSA) is 33.1 Å². The van der Waals surface area contributed by atoms with E-state index >= 15 is 0 Å². The van der Waals surface area contributed by atoms with Crippen LogP contribution >= 0.6 is 11.8 Å². The zero-order valence-corrected chi connectivity index (χ0v) is 10.4. The maximum atomic E-state index is 13.5. The molecule has 1 heterocycles. The third-order valence-electron chi connectivity index (χ3n) is 2.35. The molecule has 1 aromatic carbocycles. The third-order valence-corrected chi connectivity index (χ3v) is 3.33. The lowest BCUT2D eigenvalue weighted by atomic mass is 10.2. The molecule has 0 aliphatic rings. The maximum absolute atomic E-state index is 13.5. The molecule has 1 atom stereocenters. The van der Waals surface area contributed by atoms with Crippen LogP contribution in [0.2, 0.25) is 0 Å². The van der Waals surface area contributed by atoms with Gasteiger partial charge in [0.2, 0.25) is 0 Å². The number of hydrogen-bond acceptors (Lipinski definition) is 3. The van der Waals surface area contributed by atoms with Crippen LogP contribution in [0.3, 0.4) is 0 Å². The molecular weight excluding hydrogens is 256 g/mol. The lowest BCUT2D eigenvalue weighted by molar-refractivity contribution is 0.199. The normalized spacial score (nSPS) is 12.4. The van der Waals surface area contributed by atoms with Crippen molar-refractivity contribution in [3.05, 3.63) is 53.7 Å². The fraction of sp³-hybridized carbons (Fsp3) is 0.154. The van der Waals surface area contributed by atoms with E-state index < -0.39 is 17.7 Å². The minimum Gasteiger partial charge on any atom is -0.389 e. The van der Waals surface area contributed by atoms with Crippen molar-refractivity contribution in [1.82, 2.24) is 4.98 Å². The Morgan fingerprint density at radius 3 is 2.67 bits per heavy atom. The Hall–Kier alpha value is -1.46. The SMILES string of the molecule is CC(O)c1ccnc(Sc2ccc(F)cc2F)c1. The number of rotatable bonds is 3. The standard InChI is InChI=1S/C13H11F2NOS/c1-8(17)9-4-5-16-13(6-9)18-12-3-2-10(14)7-11(12)15/h2-8,17H,1H3. The van der Waals surface area contributed by atoms with Gasteiger partial charge in [0, 0.05) is 17.2 Å². The number of aliphatic hydroxyl groups excluding tert-OH is 1. The average Bonchev–Trinajstić information content (AvgIpc) is 2.33. The fourth-order valence-electron chi connectivity index (χ4n) is 1.41. The molecule has 1 N–H and O–H groups in total. The predicted molar refractivity (Wildman–Crippen MR) is 65.4 cm³/mol. The molecule has 2 rings (SSSR count). The molecule has 1 aromatic heterocycles. The van der Waals surface area contributed by atoms with E-state index in [9.17, 15) is 13.9 Å². The number of pyridine rings is 1. The van der Waals surface area contributed by atoms with Gasteiger partial charge in [0.25, 0.3) is 0 Å². The summed E-state index contributed by atoms with van der Waals surface area (Å²) in [4.78, 5) is 4.37. The van der Waals surface area contributed by atoms with Crippen molar-refractivity contribution < 1.29 is 13.9 Å². The summed E-state index contributed by atoms with van der Waals surface area (Å²) in [5.41, 5.74) is 0.704. The summed E-state index contributed by atoms with van der Waals surface area (Å²) in [6.07, 6.45) is 0.941. The molecule has 18 heavy (non-hydrogen) atoms. The second-order valence-electron chi connectivity index (χ2n) is 3.78. The largest absolute Gasteiger partial charge is 0.389 e. The van der Waals surface area contributed by atoms with Crippen molar-refractivity contribution in [1.29, 1.82) is 0 Å². The van der Waals surface area contributed by atoms with Gasteiger partial charge in [-0.15, -0.1) is 0 Å². The van der Waals surface area contributed by atoms with Gasteiger partial charge in [0.05, 0.1) is 6.10 Å². The number of aliphatic hydroxyl groups is 1. The monoisotopic (exact) mass is 267 g/mol. The number of halogens is 2. The fourth-order valence-corrected chi connectivity index (χ4v) is 2.24. The Labute approximate surface area is 108 Å². The van der Waals surface area contributed by atoms with Gasteiger partial charge in [0.1, 0.15) is 16.7 Å². The molecule has 0 amide bonds. The molecular formula is C13H11F2NOS. The number of aromatic nitrogens is 1.